The molecule has 0 aliphatic carbocycles. The van der Waals surface area contributed by atoms with Crippen molar-refractivity contribution in [2.45, 2.75) is 20.4 Å². The van der Waals surface area contributed by atoms with Crippen LogP contribution in [-0.4, -0.2) is 14.9 Å². The Bertz CT molecular complexity index is 743. The quantitative estimate of drug-likeness (QED) is 0.777. The summed E-state index contributed by atoms with van der Waals surface area (Å²) in [6, 6.07) is 18.2. The Morgan fingerprint density at radius 3 is 2.24 bits per heavy atom. The molecular formula is C18H18N2O. The lowest BCUT2D eigenvalue weighted by atomic mass is 10.0. The first-order valence-electron chi connectivity index (χ1n) is 7.13. The summed E-state index contributed by atoms with van der Waals surface area (Å²) in [5.41, 5.74) is 5.01. The Kier molecular flexibility index (Phi) is 3.48. The molecule has 0 saturated carbocycles. The molecule has 0 aliphatic heterocycles. The fourth-order valence-electron chi connectivity index (χ4n) is 2.55. The van der Waals surface area contributed by atoms with Gasteiger partial charge >= 0.3 is 0 Å². The first-order chi connectivity index (χ1) is 10.2. The molecule has 0 atom stereocenters. The second kappa shape index (κ2) is 5.44. The molecule has 0 spiro atoms. The van der Waals surface area contributed by atoms with Gasteiger partial charge in [0.25, 0.3) is 0 Å². The molecule has 3 heteroatoms. The Labute approximate surface area is 124 Å². The first kappa shape index (κ1) is 13.4. The van der Waals surface area contributed by atoms with Crippen molar-refractivity contribution in [3.63, 3.8) is 0 Å². The Morgan fingerprint density at radius 1 is 0.952 bits per heavy atom. The van der Waals surface area contributed by atoms with E-state index in [2.05, 4.69) is 36.3 Å². The van der Waals surface area contributed by atoms with Crippen molar-refractivity contribution in [3.8, 4) is 28.3 Å². The van der Waals surface area contributed by atoms with E-state index >= 15 is 0 Å². The number of benzene rings is 2. The minimum atomic E-state index is 0.0821. The number of aromatic nitrogens is 2. The zero-order valence-corrected chi connectivity index (χ0v) is 12.2. The normalized spacial score (nSPS) is 10.8. The van der Waals surface area contributed by atoms with E-state index in [1.165, 1.54) is 5.56 Å². The predicted molar refractivity (Wildman–Crippen MR) is 85.2 cm³/mol. The van der Waals surface area contributed by atoms with E-state index in [-0.39, 0.29) is 5.88 Å². The van der Waals surface area contributed by atoms with Gasteiger partial charge in [0.1, 0.15) is 0 Å². The molecule has 21 heavy (non-hydrogen) atoms. The second-order valence-corrected chi connectivity index (χ2v) is 5.10. The Balaban J connectivity index is 2.25. The molecule has 0 saturated heterocycles. The van der Waals surface area contributed by atoms with Gasteiger partial charge in [-0.25, -0.2) is 0 Å². The third kappa shape index (κ3) is 2.42. The van der Waals surface area contributed by atoms with Crippen LogP contribution in [0.25, 0.3) is 22.4 Å². The van der Waals surface area contributed by atoms with Crippen LogP contribution in [0.3, 0.4) is 0 Å². The van der Waals surface area contributed by atoms with Crippen LogP contribution in [0.1, 0.15) is 12.5 Å². The lowest BCUT2D eigenvalue weighted by Crippen LogP contribution is -1.99. The van der Waals surface area contributed by atoms with Gasteiger partial charge in [-0.3, -0.25) is 4.68 Å². The van der Waals surface area contributed by atoms with E-state index in [1.807, 2.05) is 41.9 Å². The third-order valence-corrected chi connectivity index (χ3v) is 3.62. The van der Waals surface area contributed by atoms with Crippen molar-refractivity contribution in [2.24, 2.45) is 0 Å². The van der Waals surface area contributed by atoms with E-state index in [0.29, 0.717) is 6.54 Å². The van der Waals surface area contributed by atoms with Gasteiger partial charge in [0.2, 0.25) is 5.88 Å². The SMILES string of the molecule is CCn1nc(O)c(-c2ccccc2)c1-c1ccc(C)cc1. The van der Waals surface area contributed by atoms with Crippen molar-refractivity contribution >= 4 is 0 Å². The summed E-state index contributed by atoms with van der Waals surface area (Å²) in [6.45, 7) is 4.80. The number of aryl methyl sites for hydroxylation is 2. The molecule has 0 radical (unpaired) electrons. The average Bonchev–Trinajstić information content (AvgIpc) is 2.85. The number of nitrogens with zero attached hydrogens (tertiary/aromatic N) is 2. The minimum absolute atomic E-state index is 0.0821. The average molecular weight is 278 g/mol. The van der Waals surface area contributed by atoms with Gasteiger partial charge in [-0.2, -0.15) is 0 Å². The highest BCUT2D eigenvalue weighted by Crippen LogP contribution is 2.38. The summed E-state index contributed by atoms with van der Waals surface area (Å²) in [5.74, 6) is 0.0821. The van der Waals surface area contributed by atoms with E-state index in [1.54, 1.807) is 0 Å². The Hall–Kier alpha value is -2.55. The maximum atomic E-state index is 10.3. The van der Waals surface area contributed by atoms with Crippen LogP contribution in [0, 0.1) is 6.92 Å². The summed E-state index contributed by atoms with van der Waals surface area (Å²) in [4.78, 5) is 0. The topological polar surface area (TPSA) is 38.0 Å². The number of hydrogen-bond acceptors (Lipinski definition) is 2. The number of aromatic hydroxyl groups is 1. The van der Waals surface area contributed by atoms with Crippen LogP contribution in [0.4, 0.5) is 0 Å². The van der Waals surface area contributed by atoms with Crippen molar-refractivity contribution in [3.05, 3.63) is 60.2 Å². The predicted octanol–water partition coefficient (Wildman–Crippen LogP) is 4.25. The highest BCUT2D eigenvalue weighted by atomic mass is 16.3. The van der Waals surface area contributed by atoms with Crippen molar-refractivity contribution in [1.82, 2.24) is 9.78 Å². The van der Waals surface area contributed by atoms with Gasteiger partial charge < -0.3 is 5.11 Å². The van der Waals surface area contributed by atoms with Gasteiger partial charge in [0, 0.05) is 12.1 Å². The molecule has 0 fully saturated rings. The molecule has 0 amide bonds. The molecule has 106 valence electrons. The fourth-order valence-corrected chi connectivity index (χ4v) is 2.55. The summed E-state index contributed by atoms with van der Waals surface area (Å²) in [6.07, 6.45) is 0. The molecular weight excluding hydrogens is 260 g/mol. The molecule has 3 aromatic rings. The second-order valence-electron chi connectivity index (χ2n) is 5.10. The van der Waals surface area contributed by atoms with Crippen LogP contribution >= 0.6 is 0 Å². The van der Waals surface area contributed by atoms with Crippen molar-refractivity contribution in [2.75, 3.05) is 0 Å². The molecule has 1 N–H and O–H groups in total. The summed E-state index contributed by atoms with van der Waals surface area (Å²) in [7, 11) is 0. The summed E-state index contributed by atoms with van der Waals surface area (Å²) in [5, 5.41) is 14.6. The van der Waals surface area contributed by atoms with E-state index in [9.17, 15) is 5.11 Å². The Morgan fingerprint density at radius 2 is 1.62 bits per heavy atom. The lowest BCUT2D eigenvalue weighted by molar-refractivity contribution is 0.441. The first-order valence-corrected chi connectivity index (χ1v) is 7.13. The number of rotatable bonds is 3. The molecule has 1 aromatic heterocycles. The maximum Gasteiger partial charge on any atom is 0.238 e. The van der Waals surface area contributed by atoms with Crippen LogP contribution in [0.15, 0.2) is 54.6 Å². The zero-order chi connectivity index (χ0) is 14.8. The zero-order valence-electron chi connectivity index (χ0n) is 12.2. The molecule has 3 rings (SSSR count). The molecule has 0 unspecified atom stereocenters. The molecule has 2 aromatic carbocycles. The summed E-state index contributed by atoms with van der Waals surface area (Å²) < 4.78 is 1.85. The highest BCUT2D eigenvalue weighted by molar-refractivity contribution is 5.84. The van der Waals surface area contributed by atoms with Gasteiger partial charge in [-0.1, -0.05) is 60.2 Å². The van der Waals surface area contributed by atoms with Crippen LogP contribution < -0.4 is 0 Å². The molecule has 0 bridgehead atoms. The molecule has 3 nitrogen and oxygen atoms in total. The smallest absolute Gasteiger partial charge is 0.238 e. The van der Waals surface area contributed by atoms with Crippen LogP contribution in [-0.2, 0) is 6.54 Å². The van der Waals surface area contributed by atoms with E-state index < -0.39 is 0 Å². The fraction of sp³-hybridized carbons (Fsp3) is 0.167. The van der Waals surface area contributed by atoms with Gasteiger partial charge in [-0.05, 0) is 19.4 Å². The lowest BCUT2D eigenvalue weighted by Gasteiger charge is -2.08. The molecule has 1 heterocycles. The molecule has 0 aliphatic rings. The monoisotopic (exact) mass is 278 g/mol. The largest absolute Gasteiger partial charge is 0.492 e. The number of hydrogen-bond donors (Lipinski definition) is 1. The van der Waals surface area contributed by atoms with Gasteiger partial charge in [-0.15, -0.1) is 5.10 Å². The van der Waals surface area contributed by atoms with Crippen molar-refractivity contribution < 1.29 is 5.11 Å². The van der Waals surface area contributed by atoms with Crippen molar-refractivity contribution in [1.29, 1.82) is 0 Å². The van der Waals surface area contributed by atoms with Crippen LogP contribution in [0.5, 0.6) is 5.88 Å². The highest BCUT2D eigenvalue weighted by Gasteiger charge is 2.19. The van der Waals surface area contributed by atoms with Gasteiger partial charge in [0.05, 0.1) is 11.3 Å². The van der Waals surface area contributed by atoms with E-state index in [0.717, 1.165) is 22.4 Å². The summed E-state index contributed by atoms with van der Waals surface area (Å²) >= 11 is 0. The van der Waals surface area contributed by atoms with E-state index in [4.69, 9.17) is 0 Å². The minimum Gasteiger partial charge on any atom is -0.492 e. The van der Waals surface area contributed by atoms with Gasteiger partial charge in [0.15, 0.2) is 0 Å². The standard InChI is InChI=1S/C18H18N2O/c1-3-20-17(15-11-9-13(2)10-12-15)16(18(21)19-20)14-7-5-4-6-8-14/h4-12H,3H2,1-2H3,(H,19,21). The maximum absolute atomic E-state index is 10.3. The van der Waals surface area contributed by atoms with Crippen LogP contribution in [0.2, 0.25) is 0 Å². The third-order valence-electron chi connectivity index (χ3n) is 3.62.